The molecule has 0 bridgehead atoms. The van der Waals surface area contributed by atoms with Crippen LogP contribution in [0.2, 0.25) is 0 Å². The van der Waals surface area contributed by atoms with E-state index in [1.54, 1.807) is 0 Å². The lowest BCUT2D eigenvalue weighted by Gasteiger charge is -2.25. The zero-order chi connectivity index (χ0) is 11.5. The number of hydrogen-bond acceptors (Lipinski definition) is 6. The zero-order valence-corrected chi connectivity index (χ0v) is 9.20. The van der Waals surface area contributed by atoms with Crippen molar-refractivity contribution in [1.82, 2.24) is 9.97 Å². The van der Waals surface area contributed by atoms with Crippen LogP contribution in [0.5, 0.6) is 0 Å². The predicted molar refractivity (Wildman–Crippen MR) is 59.4 cm³/mol. The normalized spacial score (nSPS) is 11.3. The minimum Gasteiger partial charge on any atom is -0.394 e. The number of aromatic nitrogens is 2. The van der Waals surface area contributed by atoms with Crippen LogP contribution in [0.15, 0.2) is 6.33 Å². The SMILES string of the molecule is Cc1c(NN)ncnc1NC(C)(C)CO. The molecule has 1 heterocycles. The van der Waals surface area contributed by atoms with Crippen molar-refractivity contribution >= 4 is 11.6 Å². The van der Waals surface area contributed by atoms with Crippen LogP contribution in [-0.2, 0) is 0 Å². The molecule has 15 heavy (non-hydrogen) atoms. The number of nitrogens with two attached hydrogens (primary N) is 1. The number of nitrogen functional groups attached to an aromatic ring is 1. The van der Waals surface area contributed by atoms with Gasteiger partial charge in [0.2, 0.25) is 0 Å². The molecular formula is C9H17N5O. The lowest BCUT2D eigenvalue weighted by Crippen LogP contribution is -2.35. The molecular weight excluding hydrogens is 194 g/mol. The third-order valence-corrected chi connectivity index (χ3v) is 2.07. The maximum absolute atomic E-state index is 9.13. The molecule has 1 rings (SSSR count). The second-order valence-corrected chi connectivity index (χ2v) is 4.01. The molecule has 0 fully saturated rings. The third kappa shape index (κ3) is 2.77. The van der Waals surface area contributed by atoms with E-state index in [1.165, 1.54) is 6.33 Å². The Labute approximate surface area is 88.9 Å². The van der Waals surface area contributed by atoms with Crippen molar-refractivity contribution in [3.8, 4) is 0 Å². The van der Waals surface area contributed by atoms with E-state index in [0.29, 0.717) is 11.6 Å². The summed E-state index contributed by atoms with van der Waals surface area (Å²) in [6, 6.07) is 0. The van der Waals surface area contributed by atoms with Crippen LogP contribution in [-0.4, -0.2) is 27.2 Å². The van der Waals surface area contributed by atoms with Gasteiger partial charge in [-0.25, -0.2) is 15.8 Å². The molecule has 0 saturated heterocycles. The summed E-state index contributed by atoms with van der Waals surface area (Å²) in [6.45, 7) is 5.63. The van der Waals surface area contributed by atoms with Crippen LogP contribution < -0.4 is 16.6 Å². The summed E-state index contributed by atoms with van der Waals surface area (Å²) in [4.78, 5) is 8.05. The molecule has 1 aromatic rings. The molecule has 1 aromatic heterocycles. The number of hydrogen-bond donors (Lipinski definition) is 4. The quantitative estimate of drug-likeness (QED) is 0.421. The zero-order valence-electron chi connectivity index (χ0n) is 9.20. The second-order valence-electron chi connectivity index (χ2n) is 4.01. The van der Waals surface area contributed by atoms with Crippen molar-refractivity contribution < 1.29 is 5.11 Å². The van der Waals surface area contributed by atoms with Gasteiger partial charge in [-0.2, -0.15) is 0 Å². The Bertz CT molecular complexity index is 339. The number of nitrogens with zero attached hydrogens (tertiary/aromatic N) is 2. The lowest BCUT2D eigenvalue weighted by molar-refractivity contribution is 0.234. The van der Waals surface area contributed by atoms with Crippen LogP contribution in [0, 0.1) is 6.92 Å². The molecule has 0 unspecified atom stereocenters. The summed E-state index contributed by atoms with van der Waals surface area (Å²) in [5, 5.41) is 12.2. The smallest absolute Gasteiger partial charge is 0.148 e. The molecule has 0 aliphatic heterocycles. The first-order valence-corrected chi connectivity index (χ1v) is 4.67. The first-order valence-electron chi connectivity index (χ1n) is 4.67. The Morgan fingerprint density at radius 2 is 2.00 bits per heavy atom. The molecule has 0 aliphatic carbocycles. The highest BCUT2D eigenvalue weighted by Gasteiger charge is 2.18. The molecule has 0 atom stereocenters. The number of hydrazine groups is 1. The van der Waals surface area contributed by atoms with Gasteiger partial charge in [0.05, 0.1) is 12.1 Å². The highest BCUT2D eigenvalue weighted by molar-refractivity contribution is 5.56. The topological polar surface area (TPSA) is 96.1 Å². The minimum absolute atomic E-state index is 0.0157. The van der Waals surface area contributed by atoms with Crippen molar-refractivity contribution in [2.75, 3.05) is 17.3 Å². The van der Waals surface area contributed by atoms with Gasteiger partial charge in [0.25, 0.3) is 0 Å². The molecule has 0 aliphatic rings. The first-order chi connectivity index (χ1) is 7.00. The molecule has 5 N–H and O–H groups in total. The molecule has 0 saturated carbocycles. The Morgan fingerprint density at radius 1 is 1.40 bits per heavy atom. The summed E-state index contributed by atoms with van der Waals surface area (Å²) < 4.78 is 0. The molecule has 6 nitrogen and oxygen atoms in total. The Morgan fingerprint density at radius 3 is 2.53 bits per heavy atom. The van der Waals surface area contributed by atoms with Crippen molar-refractivity contribution in [3.05, 3.63) is 11.9 Å². The largest absolute Gasteiger partial charge is 0.394 e. The van der Waals surface area contributed by atoms with E-state index in [2.05, 4.69) is 20.7 Å². The van der Waals surface area contributed by atoms with Gasteiger partial charge in [-0.1, -0.05) is 0 Å². The Balaban J connectivity index is 2.95. The van der Waals surface area contributed by atoms with Gasteiger partial charge in [-0.15, -0.1) is 0 Å². The molecule has 0 aromatic carbocycles. The van der Waals surface area contributed by atoms with Gasteiger partial charge in [0.15, 0.2) is 0 Å². The molecule has 84 valence electrons. The summed E-state index contributed by atoms with van der Waals surface area (Å²) in [5.74, 6) is 6.53. The highest BCUT2D eigenvalue weighted by Crippen LogP contribution is 2.20. The third-order valence-electron chi connectivity index (χ3n) is 2.07. The maximum atomic E-state index is 9.13. The van der Waals surface area contributed by atoms with Crippen LogP contribution in [0.1, 0.15) is 19.4 Å². The Hall–Kier alpha value is -1.40. The first kappa shape index (κ1) is 11.7. The summed E-state index contributed by atoms with van der Waals surface area (Å²) >= 11 is 0. The fourth-order valence-corrected chi connectivity index (χ4v) is 1.08. The Kier molecular flexibility index (Phi) is 3.43. The standard InChI is InChI=1S/C9H17N5O/c1-6-7(13-9(2,3)4-15)11-5-12-8(6)14-10/h5,15H,4,10H2,1-3H3,(H2,11,12,13,14). The van der Waals surface area contributed by atoms with E-state index in [1.807, 2.05) is 20.8 Å². The van der Waals surface area contributed by atoms with Gasteiger partial charge in [-0.05, 0) is 20.8 Å². The number of nitrogens with one attached hydrogen (secondary N) is 2. The van der Waals surface area contributed by atoms with Gasteiger partial charge in [0.1, 0.15) is 18.0 Å². The van der Waals surface area contributed by atoms with E-state index in [0.717, 1.165) is 5.56 Å². The fourth-order valence-electron chi connectivity index (χ4n) is 1.08. The molecule has 0 spiro atoms. The summed E-state index contributed by atoms with van der Waals surface area (Å²) in [5.41, 5.74) is 2.88. The van der Waals surface area contributed by atoms with E-state index < -0.39 is 5.54 Å². The van der Waals surface area contributed by atoms with Crippen LogP contribution in [0.4, 0.5) is 11.6 Å². The van der Waals surface area contributed by atoms with E-state index >= 15 is 0 Å². The molecule has 6 heteroatoms. The summed E-state index contributed by atoms with van der Waals surface area (Å²) in [6.07, 6.45) is 1.41. The van der Waals surface area contributed by atoms with Gasteiger partial charge in [0, 0.05) is 5.56 Å². The van der Waals surface area contributed by atoms with Crippen LogP contribution in [0.3, 0.4) is 0 Å². The highest BCUT2D eigenvalue weighted by atomic mass is 16.3. The van der Waals surface area contributed by atoms with Crippen molar-refractivity contribution in [1.29, 1.82) is 0 Å². The van der Waals surface area contributed by atoms with Gasteiger partial charge < -0.3 is 15.8 Å². The maximum Gasteiger partial charge on any atom is 0.148 e. The molecule has 0 radical (unpaired) electrons. The number of rotatable bonds is 4. The van der Waals surface area contributed by atoms with E-state index in [-0.39, 0.29) is 6.61 Å². The number of aliphatic hydroxyl groups is 1. The summed E-state index contributed by atoms with van der Waals surface area (Å²) in [7, 11) is 0. The number of aliphatic hydroxyl groups excluding tert-OH is 1. The number of anilines is 2. The average Bonchev–Trinajstić information content (AvgIpc) is 2.21. The van der Waals surface area contributed by atoms with Gasteiger partial charge >= 0.3 is 0 Å². The second kappa shape index (κ2) is 4.41. The lowest BCUT2D eigenvalue weighted by atomic mass is 10.1. The van der Waals surface area contributed by atoms with Crippen molar-refractivity contribution in [3.63, 3.8) is 0 Å². The fraction of sp³-hybridized carbons (Fsp3) is 0.556. The molecule has 0 amide bonds. The van der Waals surface area contributed by atoms with Gasteiger partial charge in [-0.3, -0.25) is 0 Å². The van der Waals surface area contributed by atoms with Crippen LogP contribution >= 0.6 is 0 Å². The van der Waals surface area contributed by atoms with E-state index in [4.69, 9.17) is 10.9 Å². The monoisotopic (exact) mass is 211 g/mol. The predicted octanol–water partition coefficient (Wildman–Crippen LogP) is 0.253. The van der Waals surface area contributed by atoms with E-state index in [9.17, 15) is 0 Å². The minimum atomic E-state index is -0.426. The average molecular weight is 211 g/mol. The van der Waals surface area contributed by atoms with Crippen LogP contribution in [0.25, 0.3) is 0 Å². The van der Waals surface area contributed by atoms with Crippen molar-refractivity contribution in [2.45, 2.75) is 26.3 Å². The van der Waals surface area contributed by atoms with Crippen molar-refractivity contribution in [2.24, 2.45) is 5.84 Å².